The number of ether oxygens (including phenoxy) is 4. The number of fused-ring (bicyclic) bond motifs is 3. The number of methoxy groups -OCH3 is 2. The van der Waals surface area contributed by atoms with Crippen LogP contribution in [-0.2, 0) is 72.8 Å². The summed E-state index contributed by atoms with van der Waals surface area (Å²) in [5.74, 6) is -0.741. The molecule has 0 bridgehead atoms. The Bertz CT molecular complexity index is 3210. The van der Waals surface area contributed by atoms with Crippen LogP contribution in [-0.4, -0.2) is 180 Å². The predicted molar refractivity (Wildman–Crippen MR) is 252 cm³/mol. The van der Waals surface area contributed by atoms with Gasteiger partial charge in [-0.25, -0.2) is 24.9 Å². The van der Waals surface area contributed by atoms with E-state index in [9.17, 15) is 48.2 Å². The van der Waals surface area contributed by atoms with Gasteiger partial charge in [-0.2, -0.15) is 4.98 Å². The van der Waals surface area contributed by atoms with Crippen molar-refractivity contribution in [1.29, 1.82) is 0 Å². The maximum absolute atomic E-state index is 13.9. The number of aliphatic hydroxyl groups excluding tert-OH is 2. The number of imidazole rings is 2. The molecule has 0 aromatic carbocycles. The molecular weight excluding hydrogens is 1080 g/mol. The van der Waals surface area contributed by atoms with Crippen LogP contribution in [0.1, 0.15) is 29.7 Å². The van der Waals surface area contributed by atoms with E-state index in [0.717, 1.165) is 5.57 Å². The molecule has 3 fully saturated rings. The van der Waals surface area contributed by atoms with Gasteiger partial charge in [0.05, 0.1) is 57.4 Å². The molecule has 0 saturated carbocycles. The number of phosphoric acid groups is 3. The quantitative estimate of drug-likeness (QED) is 0.0261. The zero-order valence-corrected chi connectivity index (χ0v) is 43.3. The molecule has 0 radical (unpaired) electrons. The second-order valence-electron chi connectivity index (χ2n) is 18.0. The van der Waals surface area contributed by atoms with Gasteiger partial charge in [-0.1, -0.05) is 6.08 Å². The van der Waals surface area contributed by atoms with E-state index in [1.807, 2.05) is 6.08 Å². The van der Waals surface area contributed by atoms with Crippen LogP contribution in [0.15, 0.2) is 34.6 Å². The maximum atomic E-state index is 13.9. The molecule has 5 aromatic rings. The van der Waals surface area contributed by atoms with E-state index in [-0.39, 0.29) is 72.5 Å². The number of aliphatic hydroxyl groups is 2. The fraction of sp³-hybridized carbons (Fsp3) is 0.600. The van der Waals surface area contributed by atoms with Crippen LogP contribution < -0.4 is 37.3 Å². The third-order valence-corrected chi connectivity index (χ3v) is 15.9. The highest BCUT2D eigenvalue weighted by Gasteiger charge is 2.51. The summed E-state index contributed by atoms with van der Waals surface area (Å²) in [7, 11) is -13.6. The number of hydrogen-bond donors (Lipinski definition) is 6. The van der Waals surface area contributed by atoms with Gasteiger partial charge in [0.25, 0.3) is 34.6 Å². The number of allylic oxidation sites excluding steroid dienone is 1. The molecular formula is C40H53N13O20P3-3. The van der Waals surface area contributed by atoms with E-state index in [0.29, 0.717) is 17.7 Å². The minimum absolute atomic E-state index is 0.00324. The van der Waals surface area contributed by atoms with Crippen molar-refractivity contribution in [3.8, 4) is 0 Å². The molecule has 76 heavy (non-hydrogen) atoms. The molecule has 13 atom stereocenters. The number of nitrogen functional groups attached to an aromatic ring is 2. The van der Waals surface area contributed by atoms with Gasteiger partial charge < -0.3 is 92.0 Å². The average Bonchev–Trinajstić information content (AvgIpc) is 4.24. The van der Waals surface area contributed by atoms with Crippen molar-refractivity contribution in [1.82, 2.24) is 53.9 Å². The zero-order chi connectivity index (χ0) is 54.3. The van der Waals surface area contributed by atoms with Crippen molar-refractivity contribution < 1.29 is 84.7 Å². The molecule has 8 N–H and O–H groups in total. The lowest BCUT2D eigenvalue weighted by Gasteiger charge is -2.33. The van der Waals surface area contributed by atoms with Crippen molar-refractivity contribution in [3.63, 3.8) is 0 Å². The van der Waals surface area contributed by atoms with Crippen molar-refractivity contribution >= 4 is 63.1 Å². The normalized spacial score (nSPS) is 28.2. The third-order valence-electron chi connectivity index (χ3n) is 13.0. The monoisotopic (exact) mass is 1130 g/mol. The first-order chi connectivity index (χ1) is 36.2. The SMILES string of the molecule is CO[C@H]1C(OP(=O)([O-])OCCCO)[C@@H](COP(=O)([O-])OC2CN(CC3=CCc4c(N)ncnc43)C[C@@H]2COP(=O)([O-])OC2[C@@H](CO)O[C@@H](n3cnc4c(=O)[nH]c(N)nc43)[C@H]2OC)O[C@H]1Cn1cnc2c(=O)[nH]c(C)nc21. The standard InChI is InChI=1S/C40H56N13O20P3/c1-19-47-35-28(37(56)48-19)45-17-52(35)12-24-30(64-2)32(73-74(58,59)66-8-4-7-54)26(69-24)15-68-75(60,61)71-23-11-51(9-20-5-6-22-27(20)43-16-44-34(22)41)10-21(23)14-67-76(62,63)72-31-25(13-55)70-39(33(31)65-3)53-18-46-29-36(53)49-40(42)50-38(29)57/h5,16-18,21,23-26,30-33,39,54-55H,4,6-15H2,1-3H3,(H,58,59)(H,60,61)(H,62,63)(H2,41,43,44)(H,47,48,56)(H3,42,49,50,57)/p-3/t21-,23?,24+,25-,26-,30-,31?,32?,33+,39-/m1/s1. The molecule has 416 valence electrons. The summed E-state index contributed by atoms with van der Waals surface area (Å²) in [5, 5.41) is 19.5. The van der Waals surface area contributed by atoms with Gasteiger partial charge in [0, 0.05) is 51.9 Å². The number of hydrogen-bond acceptors (Lipinski definition) is 29. The fourth-order valence-corrected chi connectivity index (χ4v) is 12.5. The van der Waals surface area contributed by atoms with E-state index >= 15 is 0 Å². The molecule has 33 nitrogen and oxygen atoms in total. The summed E-state index contributed by atoms with van der Waals surface area (Å²) < 4.78 is 99.1. The Hall–Kier alpha value is -4.83. The predicted octanol–water partition coefficient (Wildman–Crippen LogP) is -3.23. The highest BCUT2D eigenvalue weighted by Crippen LogP contribution is 2.50. The number of rotatable bonds is 24. The lowest BCUT2D eigenvalue weighted by Crippen LogP contribution is -2.40. The molecule has 9 rings (SSSR count). The minimum atomic E-state index is -5.48. The highest BCUT2D eigenvalue weighted by atomic mass is 31.2. The second-order valence-corrected chi connectivity index (χ2v) is 22.0. The van der Waals surface area contributed by atoms with E-state index in [1.165, 1.54) is 42.3 Å². The summed E-state index contributed by atoms with van der Waals surface area (Å²) >= 11 is 0. The minimum Gasteiger partial charge on any atom is -0.756 e. The van der Waals surface area contributed by atoms with Crippen LogP contribution in [0.25, 0.3) is 27.9 Å². The van der Waals surface area contributed by atoms with Crippen molar-refractivity contribution in [3.05, 3.63) is 62.8 Å². The first-order valence-electron chi connectivity index (χ1n) is 23.4. The van der Waals surface area contributed by atoms with Gasteiger partial charge in [-0.15, -0.1) is 0 Å². The Balaban J connectivity index is 0.919. The lowest BCUT2D eigenvalue weighted by atomic mass is 10.1. The van der Waals surface area contributed by atoms with E-state index in [4.69, 9.17) is 57.6 Å². The Labute approximate surface area is 429 Å². The molecule has 4 aliphatic rings. The van der Waals surface area contributed by atoms with Gasteiger partial charge in [0.15, 0.2) is 28.6 Å². The van der Waals surface area contributed by atoms with Crippen molar-refractivity contribution in [2.45, 2.75) is 81.4 Å². The van der Waals surface area contributed by atoms with Crippen LogP contribution in [0, 0.1) is 12.8 Å². The van der Waals surface area contributed by atoms with Gasteiger partial charge >= 0.3 is 0 Å². The molecule has 3 aliphatic heterocycles. The van der Waals surface area contributed by atoms with E-state index in [1.54, 1.807) is 11.8 Å². The fourth-order valence-electron chi connectivity index (χ4n) is 9.56. The van der Waals surface area contributed by atoms with Crippen molar-refractivity contribution in [2.24, 2.45) is 5.92 Å². The smallest absolute Gasteiger partial charge is 0.280 e. The highest BCUT2D eigenvalue weighted by molar-refractivity contribution is 7.46. The third kappa shape index (κ3) is 12.1. The topological polar surface area (TPSA) is 461 Å². The number of aromatic nitrogens is 10. The average molecular weight is 1130 g/mol. The number of nitrogens with zero attached hydrogens (tertiary/aromatic N) is 9. The molecule has 0 amide bonds. The summed E-state index contributed by atoms with van der Waals surface area (Å²) in [6.07, 6.45) is -6.27. The van der Waals surface area contributed by atoms with Crippen LogP contribution in [0.2, 0.25) is 0 Å². The summed E-state index contributed by atoms with van der Waals surface area (Å²) in [6, 6.07) is 0. The number of likely N-dealkylation sites (tertiary alicyclic amines) is 1. The number of nitrogens with one attached hydrogen (secondary N) is 2. The first-order valence-corrected chi connectivity index (χ1v) is 27.7. The van der Waals surface area contributed by atoms with Crippen LogP contribution >= 0.6 is 23.5 Å². The molecule has 1 aliphatic carbocycles. The number of nitrogens with two attached hydrogens (primary N) is 2. The van der Waals surface area contributed by atoms with Gasteiger partial charge in [-0.3, -0.25) is 37.7 Å². The van der Waals surface area contributed by atoms with Gasteiger partial charge in [0.1, 0.15) is 60.7 Å². The first kappa shape index (κ1) is 55.9. The Morgan fingerprint density at radius 1 is 0.789 bits per heavy atom. The van der Waals surface area contributed by atoms with Crippen LogP contribution in [0.3, 0.4) is 0 Å². The Kier molecular flexibility index (Phi) is 16.8. The number of phosphoric ester groups is 3. The summed E-state index contributed by atoms with van der Waals surface area (Å²) in [5.41, 5.74) is 12.6. The molecule has 3 saturated heterocycles. The largest absolute Gasteiger partial charge is 0.756 e. The molecule has 6 unspecified atom stereocenters. The van der Waals surface area contributed by atoms with Crippen LogP contribution in [0.5, 0.6) is 0 Å². The van der Waals surface area contributed by atoms with Gasteiger partial charge in [-0.05, 0) is 25.3 Å². The van der Waals surface area contributed by atoms with E-state index in [2.05, 4.69) is 39.9 Å². The molecule has 0 spiro atoms. The number of aromatic amines is 2. The maximum Gasteiger partial charge on any atom is 0.280 e. The van der Waals surface area contributed by atoms with Crippen LogP contribution in [0.4, 0.5) is 11.8 Å². The molecule has 36 heteroatoms. The molecule has 8 heterocycles. The Morgan fingerprint density at radius 2 is 1.47 bits per heavy atom. The summed E-state index contributed by atoms with van der Waals surface area (Å²) in [6.45, 7) is -1.86. The lowest BCUT2D eigenvalue weighted by molar-refractivity contribution is -0.237. The van der Waals surface area contributed by atoms with Gasteiger partial charge in [0.2, 0.25) is 5.95 Å². The number of H-pyrrole nitrogens is 2. The van der Waals surface area contributed by atoms with E-state index < -0.39 is 129 Å². The summed E-state index contributed by atoms with van der Waals surface area (Å²) in [4.78, 5) is 97.5. The second kappa shape index (κ2) is 22.9. The molecule has 5 aromatic heterocycles. The number of anilines is 2. The van der Waals surface area contributed by atoms with Crippen molar-refractivity contribution in [2.75, 3.05) is 78.4 Å². The zero-order valence-electron chi connectivity index (χ0n) is 40.6. The number of aryl methyl sites for hydroxylation is 1. The Morgan fingerprint density at radius 3 is 2.21 bits per heavy atom.